The van der Waals surface area contributed by atoms with E-state index in [0.29, 0.717) is 18.5 Å². The molecule has 0 saturated carbocycles. The smallest absolute Gasteiger partial charge is 0.328 e. The summed E-state index contributed by atoms with van der Waals surface area (Å²) in [5.74, 6) is -1.77. The lowest BCUT2D eigenvalue weighted by molar-refractivity contribution is -0.141. The fraction of sp³-hybridized carbons (Fsp3) is 0.357. The highest BCUT2D eigenvalue weighted by Crippen LogP contribution is 2.18. The number of carboxylic acids is 1. The summed E-state index contributed by atoms with van der Waals surface area (Å²) in [5.41, 5.74) is 1.57. The largest absolute Gasteiger partial charge is 0.480 e. The van der Waals surface area contributed by atoms with Crippen LogP contribution in [0.5, 0.6) is 0 Å². The molecule has 1 aromatic carbocycles. The molecule has 0 saturated heterocycles. The van der Waals surface area contributed by atoms with Crippen LogP contribution in [0, 0.1) is 0 Å². The van der Waals surface area contributed by atoms with Crippen molar-refractivity contribution in [3.63, 3.8) is 0 Å². The summed E-state index contributed by atoms with van der Waals surface area (Å²) in [6.45, 7) is 1.69. The molecule has 1 aromatic rings. The van der Waals surface area contributed by atoms with Crippen molar-refractivity contribution in [2.45, 2.75) is 19.4 Å². The van der Waals surface area contributed by atoms with E-state index in [0.717, 1.165) is 5.56 Å². The van der Waals surface area contributed by atoms with Gasteiger partial charge in [0.25, 0.3) is 5.91 Å². The lowest BCUT2D eigenvalue weighted by Gasteiger charge is -2.30. The van der Waals surface area contributed by atoms with Crippen molar-refractivity contribution in [1.29, 1.82) is 0 Å². The molecule has 20 heavy (non-hydrogen) atoms. The molecule has 2 amide bonds. The number of nitrogens with one attached hydrogen (secondary N) is 1. The van der Waals surface area contributed by atoms with Gasteiger partial charge < -0.3 is 15.3 Å². The van der Waals surface area contributed by atoms with Gasteiger partial charge in [0.1, 0.15) is 6.04 Å². The van der Waals surface area contributed by atoms with E-state index >= 15 is 0 Å². The van der Waals surface area contributed by atoms with Gasteiger partial charge in [-0.3, -0.25) is 9.59 Å². The number of amides is 2. The molecule has 1 heterocycles. The molecule has 0 spiro atoms. The third kappa shape index (κ3) is 2.96. The molecule has 1 aliphatic rings. The maximum atomic E-state index is 12.3. The summed E-state index contributed by atoms with van der Waals surface area (Å²) < 4.78 is 0. The van der Waals surface area contributed by atoms with Crippen LogP contribution >= 0.6 is 0 Å². The zero-order valence-corrected chi connectivity index (χ0v) is 11.1. The second-order valence-electron chi connectivity index (χ2n) is 4.75. The Balaban J connectivity index is 2.13. The van der Waals surface area contributed by atoms with E-state index in [2.05, 4.69) is 5.32 Å². The highest BCUT2D eigenvalue weighted by molar-refractivity contribution is 5.97. The summed E-state index contributed by atoms with van der Waals surface area (Å²) in [6.07, 6.45) is 0.689. The van der Waals surface area contributed by atoms with Crippen LogP contribution in [0.25, 0.3) is 0 Å². The van der Waals surface area contributed by atoms with Crippen molar-refractivity contribution < 1.29 is 19.5 Å². The topological polar surface area (TPSA) is 86.7 Å². The maximum Gasteiger partial charge on any atom is 0.328 e. The van der Waals surface area contributed by atoms with Gasteiger partial charge in [0.15, 0.2) is 0 Å². The molecule has 0 aromatic heterocycles. The minimum absolute atomic E-state index is 0.0257. The highest BCUT2D eigenvalue weighted by Gasteiger charge is 2.29. The van der Waals surface area contributed by atoms with Crippen LogP contribution in [0.3, 0.4) is 0 Å². The van der Waals surface area contributed by atoms with Crippen molar-refractivity contribution >= 4 is 17.8 Å². The van der Waals surface area contributed by atoms with E-state index < -0.39 is 17.9 Å². The van der Waals surface area contributed by atoms with E-state index in [1.165, 1.54) is 11.8 Å². The molecule has 2 N–H and O–H groups in total. The average Bonchev–Trinajstić information content (AvgIpc) is 2.40. The number of nitrogens with zero attached hydrogens (tertiary/aromatic N) is 1. The summed E-state index contributed by atoms with van der Waals surface area (Å²) in [4.78, 5) is 35.9. The van der Waals surface area contributed by atoms with Crippen molar-refractivity contribution in [2.24, 2.45) is 0 Å². The van der Waals surface area contributed by atoms with Gasteiger partial charge in [-0.2, -0.15) is 0 Å². The third-order valence-corrected chi connectivity index (χ3v) is 3.26. The number of hydrogen-bond donors (Lipinski definition) is 2. The lowest BCUT2D eigenvalue weighted by Crippen LogP contribution is -2.51. The molecule has 6 heteroatoms. The van der Waals surface area contributed by atoms with E-state index in [9.17, 15) is 14.4 Å². The standard InChI is InChI=1S/C14H16N2O4/c1-9(17)15-12(14(19)20)8-16-7-6-10-4-2-3-5-11(10)13(16)18/h2-5,12H,6-8H2,1H3,(H,15,17)(H,19,20). The third-order valence-electron chi connectivity index (χ3n) is 3.26. The minimum atomic E-state index is -1.15. The van der Waals surface area contributed by atoms with E-state index in [1.54, 1.807) is 12.1 Å². The van der Waals surface area contributed by atoms with Crippen LogP contribution in [0.1, 0.15) is 22.8 Å². The van der Waals surface area contributed by atoms with Crippen LogP contribution in [0.15, 0.2) is 24.3 Å². The van der Waals surface area contributed by atoms with Crippen LogP contribution in [0.4, 0.5) is 0 Å². The number of benzene rings is 1. The number of carbonyl (C=O) groups excluding carboxylic acids is 2. The molecule has 0 bridgehead atoms. The Bertz CT molecular complexity index is 556. The second kappa shape index (κ2) is 5.73. The Hall–Kier alpha value is -2.37. The van der Waals surface area contributed by atoms with Crippen LogP contribution in [-0.4, -0.2) is 46.9 Å². The summed E-state index contributed by atoms with van der Waals surface area (Å²) in [6, 6.07) is 6.20. The fourth-order valence-corrected chi connectivity index (χ4v) is 2.30. The molecule has 1 unspecified atom stereocenters. The molecular weight excluding hydrogens is 260 g/mol. The molecular formula is C14H16N2O4. The first kappa shape index (κ1) is 14.0. The Kier molecular flexibility index (Phi) is 4.02. The highest BCUT2D eigenvalue weighted by atomic mass is 16.4. The first-order chi connectivity index (χ1) is 9.49. The second-order valence-corrected chi connectivity index (χ2v) is 4.75. The Morgan fingerprint density at radius 3 is 2.75 bits per heavy atom. The Morgan fingerprint density at radius 1 is 1.40 bits per heavy atom. The zero-order valence-electron chi connectivity index (χ0n) is 11.1. The predicted molar refractivity (Wildman–Crippen MR) is 71.3 cm³/mol. The van der Waals surface area contributed by atoms with Crippen LogP contribution < -0.4 is 5.32 Å². The van der Waals surface area contributed by atoms with E-state index in [1.807, 2.05) is 12.1 Å². The van der Waals surface area contributed by atoms with Gasteiger partial charge in [0.05, 0.1) is 6.54 Å². The number of fused-ring (bicyclic) bond motifs is 1. The van der Waals surface area contributed by atoms with Gasteiger partial charge in [-0.1, -0.05) is 18.2 Å². The van der Waals surface area contributed by atoms with Crippen molar-refractivity contribution in [1.82, 2.24) is 10.2 Å². The number of rotatable bonds is 4. The number of hydrogen-bond acceptors (Lipinski definition) is 3. The van der Waals surface area contributed by atoms with Gasteiger partial charge in [-0.25, -0.2) is 4.79 Å². The number of carbonyl (C=O) groups is 3. The van der Waals surface area contributed by atoms with Gasteiger partial charge in [-0.15, -0.1) is 0 Å². The SMILES string of the molecule is CC(=O)NC(CN1CCc2ccccc2C1=O)C(=O)O. The Morgan fingerprint density at radius 2 is 2.10 bits per heavy atom. The molecule has 1 atom stereocenters. The van der Waals surface area contributed by atoms with E-state index in [4.69, 9.17) is 5.11 Å². The van der Waals surface area contributed by atoms with Crippen molar-refractivity contribution in [3.05, 3.63) is 35.4 Å². The van der Waals surface area contributed by atoms with Gasteiger partial charge in [0.2, 0.25) is 5.91 Å². The Labute approximate surface area is 116 Å². The summed E-state index contributed by atoms with van der Waals surface area (Å²) in [7, 11) is 0. The molecule has 0 fully saturated rings. The molecule has 1 aliphatic heterocycles. The first-order valence-electron chi connectivity index (χ1n) is 6.36. The lowest BCUT2D eigenvalue weighted by atomic mass is 9.99. The monoisotopic (exact) mass is 276 g/mol. The normalized spacial score (nSPS) is 15.4. The number of carboxylic acid groups (broad SMARTS) is 1. The maximum absolute atomic E-state index is 12.3. The molecule has 6 nitrogen and oxygen atoms in total. The summed E-state index contributed by atoms with van der Waals surface area (Å²) >= 11 is 0. The molecule has 0 aliphatic carbocycles. The molecule has 106 valence electrons. The molecule has 2 rings (SSSR count). The van der Waals surface area contributed by atoms with Crippen molar-refractivity contribution in [3.8, 4) is 0 Å². The van der Waals surface area contributed by atoms with Gasteiger partial charge in [0, 0.05) is 19.0 Å². The zero-order chi connectivity index (χ0) is 14.7. The quantitative estimate of drug-likeness (QED) is 0.826. The molecule has 0 radical (unpaired) electrons. The first-order valence-corrected chi connectivity index (χ1v) is 6.36. The predicted octanol–water partition coefficient (Wildman–Crippen LogP) is 0.274. The van der Waals surface area contributed by atoms with Crippen LogP contribution in [-0.2, 0) is 16.0 Å². The minimum Gasteiger partial charge on any atom is -0.480 e. The fourth-order valence-electron chi connectivity index (χ4n) is 2.30. The average molecular weight is 276 g/mol. The van der Waals surface area contributed by atoms with Gasteiger partial charge in [-0.05, 0) is 18.1 Å². The number of aliphatic carboxylic acids is 1. The van der Waals surface area contributed by atoms with Crippen molar-refractivity contribution in [2.75, 3.05) is 13.1 Å². The van der Waals surface area contributed by atoms with Crippen LogP contribution in [0.2, 0.25) is 0 Å². The summed E-state index contributed by atoms with van der Waals surface area (Å²) in [5, 5.41) is 11.4. The van der Waals surface area contributed by atoms with Gasteiger partial charge >= 0.3 is 5.97 Å². The van der Waals surface area contributed by atoms with E-state index in [-0.39, 0.29) is 12.5 Å².